The van der Waals surface area contributed by atoms with Gasteiger partial charge in [0.2, 0.25) is 0 Å². The molecule has 0 bridgehead atoms. The van der Waals surface area contributed by atoms with Crippen molar-refractivity contribution in [2.45, 2.75) is 0 Å². The summed E-state index contributed by atoms with van der Waals surface area (Å²) in [5.74, 6) is 0.0409. The Morgan fingerprint density at radius 3 is 2.85 bits per heavy atom. The highest BCUT2D eigenvalue weighted by molar-refractivity contribution is 6.29. The minimum atomic E-state index is 0.0409. The van der Waals surface area contributed by atoms with Gasteiger partial charge in [-0.15, -0.1) is 0 Å². The maximum Gasteiger partial charge on any atom is 0.194 e. The first-order chi connectivity index (χ1) is 6.16. The molecule has 1 aromatic carbocycles. The number of hydrogen-bond acceptors (Lipinski definition) is 2. The molecular formula is C9H7ClN2O. The first-order valence-corrected chi connectivity index (χ1v) is 4.08. The second-order valence-corrected chi connectivity index (χ2v) is 3.09. The lowest BCUT2D eigenvalue weighted by atomic mass is 10.1. The highest BCUT2D eigenvalue weighted by Crippen LogP contribution is 2.23. The summed E-state index contributed by atoms with van der Waals surface area (Å²) in [7, 11) is 0. The van der Waals surface area contributed by atoms with E-state index in [1.165, 1.54) is 0 Å². The predicted molar refractivity (Wildman–Crippen MR) is 52.2 cm³/mol. The molecule has 0 aliphatic heterocycles. The van der Waals surface area contributed by atoms with Gasteiger partial charge in [0.05, 0.1) is 0 Å². The average molecular weight is 195 g/mol. The maximum atomic E-state index is 7.23. The molecule has 3 nitrogen and oxygen atoms in total. The number of amidine groups is 1. The van der Waals surface area contributed by atoms with E-state index in [1.807, 2.05) is 0 Å². The fourth-order valence-corrected chi connectivity index (χ4v) is 1.38. The van der Waals surface area contributed by atoms with Crippen LogP contribution in [-0.2, 0) is 0 Å². The van der Waals surface area contributed by atoms with Crippen LogP contribution >= 0.6 is 11.6 Å². The lowest BCUT2D eigenvalue weighted by Crippen LogP contribution is -2.10. The zero-order valence-electron chi connectivity index (χ0n) is 6.67. The first kappa shape index (κ1) is 8.13. The number of halogens is 1. The van der Waals surface area contributed by atoms with E-state index in [-0.39, 0.29) is 5.84 Å². The zero-order valence-corrected chi connectivity index (χ0v) is 7.43. The summed E-state index contributed by atoms with van der Waals surface area (Å²) in [6.07, 6.45) is 0. The van der Waals surface area contributed by atoms with E-state index >= 15 is 0 Å². The Labute approximate surface area is 79.6 Å². The molecule has 0 aliphatic rings. The molecule has 4 heteroatoms. The third kappa shape index (κ3) is 1.38. The highest BCUT2D eigenvalue weighted by Gasteiger charge is 2.03. The number of nitrogen functional groups attached to an aromatic ring is 1. The van der Waals surface area contributed by atoms with E-state index in [0.29, 0.717) is 16.4 Å². The van der Waals surface area contributed by atoms with E-state index in [0.717, 1.165) is 5.39 Å². The summed E-state index contributed by atoms with van der Waals surface area (Å²) in [6, 6.07) is 6.94. The van der Waals surface area contributed by atoms with Crippen molar-refractivity contribution in [3.63, 3.8) is 0 Å². The number of nitrogens with one attached hydrogen (secondary N) is 1. The van der Waals surface area contributed by atoms with Crippen molar-refractivity contribution < 1.29 is 4.42 Å². The molecule has 0 atom stereocenters. The molecule has 0 amide bonds. The van der Waals surface area contributed by atoms with Gasteiger partial charge in [-0.2, -0.15) is 0 Å². The van der Waals surface area contributed by atoms with Gasteiger partial charge in [0, 0.05) is 17.0 Å². The van der Waals surface area contributed by atoms with Gasteiger partial charge in [-0.05, 0) is 29.8 Å². The Morgan fingerprint density at radius 2 is 2.15 bits per heavy atom. The zero-order chi connectivity index (χ0) is 9.42. The normalized spacial score (nSPS) is 10.5. The van der Waals surface area contributed by atoms with Crippen LogP contribution in [0.15, 0.2) is 28.7 Å². The van der Waals surface area contributed by atoms with Crippen LogP contribution in [-0.4, -0.2) is 5.84 Å². The van der Waals surface area contributed by atoms with Gasteiger partial charge in [-0.25, -0.2) is 0 Å². The highest BCUT2D eigenvalue weighted by atomic mass is 35.5. The monoisotopic (exact) mass is 194 g/mol. The van der Waals surface area contributed by atoms with Crippen LogP contribution in [0.25, 0.3) is 11.0 Å². The third-order valence-electron chi connectivity index (χ3n) is 1.80. The third-order valence-corrected chi connectivity index (χ3v) is 1.98. The van der Waals surface area contributed by atoms with Crippen molar-refractivity contribution in [3.8, 4) is 0 Å². The lowest BCUT2D eigenvalue weighted by molar-refractivity contribution is 0.618. The molecule has 3 N–H and O–H groups in total. The molecule has 0 fully saturated rings. The Hall–Kier alpha value is -1.48. The van der Waals surface area contributed by atoms with Gasteiger partial charge in [-0.1, -0.05) is 0 Å². The molecule has 2 aromatic rings. The van der Waals surface area contributed by atoms with Crippen LogP contribution < -0.4 is 5.73 Å². The molecule has 0 radical (unpaired) electrons. The molecule has 13 heavy (non-hydrogen) atoms. The van der Waals surface area contributed by atoms with Gasteiger partial charge in [0.25, 0.3) is 0 Å². The van der Waals surface area contributed by atoms with Crippen molar-refractivity contribution in [3.05, 3.63) is 35.0 Å². The van der Waals surface area contributed by atoms with Gasteiger partial charge in [0.1, 0.15) is 11.4 Å². The van der Waals surface area contributed by atoms with Crippen LogP contribution in [0.2, 0.25) is 5.22 Å². The summed E-state index contributed by atoms with van der Waals surface area (Å²) in [4.78, 5) is 0. The Kier molecular flexibility index (Phi) is 1.74. The quantitative estimate of drug-likeness (QED) is 0.541. The standard InChI is InChI=1S/C9H7ClN2O/c10-8-4-6-3-5(9(11)12)1-2-7(6)13-8/h1-4H,(H3,11,12). The van der Waals surface area contributed by atoms with E-state index in [9.17, 15) is 0 Å². The summed E-state index contributed by atoms with van der Waals surface area (Å²) >= 11 is 5.66. The number of benzene rings is 1. The Balaban J connectivity index is 2.67. The van der Waals surface area contributed by atoms with Crippen LogP contribution in [0.4, 0.5) is 0 Å². The fraction of sp³-hybridized carbons (Fsp3) is 0. The molecule has 0 aliphatic carbocycles. The summed E-state index contributed by atoms with van der Waals surface area (Å²) in [5, 5.41) is 8.43. The number of furan rings is 1. The van der Waals surface area contributed by atoms with Crippen molar-refractivity contribution in [2.24, 2.45) is 5.73 Å². The van der Waals surface area contributed by atoms with E-state index in [1.54, 1.807) is 24.3 Å². The van der Waals surface area contributed by atoms with E-state index < -0.39 is 0 Å². The summed E-state index contributed by atoms with van der Waals surface area (Å²) in [5.41, 5.74) is 6.71. The van der Waals surface area contributed by atoms with Crippen LogP contribution in [0.5, 0.6) is 0 Å². The van der Waals surface area contributed by atoms with Gasteiger partial charge in [0.15, 0.2) is 5.22 Å². The molecule has 0 unspecified atom stereocenters. The van der Waals surface area contributed by atoms with E-state index in [4.69, 9.17) is 27.2 Å². The second-order valence-electron chi connectivity index (χ2n) is 2.72. The summed E-state index contributed by atoms with van der Waals surface area (Å²) in [6.45, 7) is 0. The van der Waals surface area contributed by atoms with Gasteiger partial charge in [-0.3, -0.25) is 5.41 Å². The first-order valence-electron chi connectivity index (χ1n) is 3.70. The number of rotatable bonds is 1. The molecular weight excluding hydrogens is 188 g/mol. The van der Waals surface area contributed by atoms with Gasteiger partial charge >= 0.3 is 0 Å². The molecule has 0 saturated heterocycles. The van der Waals surface area contributed by atoms with Crippen molar-refractivity contribution >= 4 is 28.4 Å². The smallest absolute Gasteiger partial charge is 0.194 e. The molecule has 1 heterocycles. The Bertz CT molecular complexity index is 475. The summed E-state index contributed by atoms with van der Waals surface area (Å²) < 4.78 is 5.16. The topological polar surface area (TPSA) is 63.0 Å². The van der Waals surface area contributed by atoms with Crippen molar-refractivity contribution in [2.75, 3.05) is 0 Å². The van der Waals surface area contributed by atoms with Crippen molar-refractivity contribution in [1.29, 1.82) is 5.41 Å². The maximum absolute atomic E-state index is 7.23. The van der Waals surface area contributed by atoms with Crippen LogP contribution in [0.1, 0.15) is 5.56 Å². The van der Waals surface area contributed by atoms with Crippen LogP contribution in [0.3, 0.4) is 0 Å². The van der Waals surface area contributed by atoms with E-state index in [2.05, 4.69) is 0 Å². The number of nitrogens with two attached hydrogens (primary N) is 1. The molecule has 0 spiro atoms. The molecule has 66 valence electrons. The SMILES string of the molecule is N=C(N)c1ccc2oc(Cl)cc2c1. The predicted octanol–water partition coefficient (Wildman–Crippen LogP) is 2.37. The van der Waals surface area contributed by atoms with Crippen LogP contribution in [0, 0.1) is 5.41 Å². The molecule has 0 saturated carbocycles. The number of hydrogen-bond donors (Lipinski definition) is 2. The van der Waals surface area contributed by atoms with Crippen molar-refractivity contribution in [1.82, 2.24) is 0 Å². The minimum Gasteiger partial charge on any atom is -0.445 e. The number of fused-ring (bicyclic) bond motifs is 1. The Morgan fingerprint density at radius 1 is 1.38 bits per heavy atom. The molecule has 1 aromatic heterocycles. The molecule has 2 rings (SSSR count). The fourth-order valence-electron chi connectivity index (χ4n) is 1.18. The van der Waals surface area contributed by atoms with Gasteiger partial charge < -0.3 is 10.2 Å². The minimum absolute atomic E-state index is 0.0409. The second kappa shape index (κ2) is 2.78. The lowest BCUT2D eigenvalue weighted by Gasteiger charge is -1.95. The average Bonchev–Trinajstić information content (AvgIpc) is 2.42. The largest absolute Gasteiger partial charge is 0.445 e.